The lowest BCUT2D eigenvalue weighted by Gasteiger charge is -2.18. The largest absolute Gasteiger partial charge is 0.472 e. The zero-order valence-electron chi connectivity index (χ0n) is 9.35. The Kier molecular flexibility index (Phi) is 3.50. The van der Waals surface area contributed by atoms with Crippen molar-refractivity contribution in [1.29, 1.82) is 5.26 Å². The van der Waals surface area contributed by atoms with E-state index in [-0.39, 0.29) is 0 Å². The van der Waals surface area contributed by atoms with Crippen molar-refractivity contribution < 1.29 is 4.42 Å². The normalized spacial score (nSPS) is 9.94. The monoisotopic (exact) mass is 290 g/mol. The Bertz CT molecular complexity index is 543. The van der Waals surface area contributed by atoms with E-state index in [1.807, 2.05) is 31.3 Å². The van der Waals surface area contributed by atoms with E-state index in [2.05, 4.69) is 26.9 Å². The molecule has 0 saturated carbocycles. The van der Waals surface area contributed by atoms with Crippen molar-refractivity contribution in [3.8, 4) is 6.07 Å². The first-order chi connectivity index (χ1) is 8.20. The summed E-state index contributed by atoms with van der Waals surface area (Å²) in [6.07, 6.45) is 3.40. The van der Waals surface area contributed by atoms with Crippen molar-refractivity contribution in [3.63, 3.8) is 0 Å². The van der Waals surface area contributed by atoms with Gasteiger partial charge in [0.1, 0.15) is 6.07 Å². The van der Waals surface area contributed by atoms with Crippen molar-refractivity contribution in [3.05, 3.63) is 52.4 Å². The molecular weight excluding hydrogens is 280 g/mol. The zero-order valence-corrected chi connectivity index (χ0v) is 10.9. The van der Waals surface area contributed by atoms with Crippen LogP contribution in [0.1, 0.15) is 11.1 Å². The Morgan fingerprint density at radius 2 is 2.24 bits per heavy atom. The number of benzene rings is 1. The van der Waals surface area contributed by atoms with Crippen molar-refractivity contribution in [1.82, 2.24) is 0 Å². The van der Waals surface area contributed by atoms with Crippen LogP contribution in [-0.2, 0) is 6.54 Å². The second-order valence-corrected chi connectivity index (χ2v) is 4.62. The summed E-state index contributed by atoms with van der Waals surface area (Å²) >= 11 is 3.39. The molecule has 0 radical (unpaired) electrons. The van der Waals surface area contributed by atoms with Crippen LogP contribution in [0.4, 0.5) is 5.69 Å². The SMILES string of the molecule is CN(Cc1ccoc1)c1ccc(C#N)c(Br)c1. The van der Waals surface area contributed by atoms with Gasteiger partial charge in [-0.1, -0.05) is 0 Å². The highest BCUT2D eigenvalue weighted by Gasteiger charge is 2.06. The van der Waals surface area contributed by atoms with Crippen molar-refractivity contribution >= 4 is 21.6 Å². The van der Waals surface area contributed by atoms with E-state index in [0.717, 1.165) is 22.3 Å². The van der Waals surface area contributed by atoms with Gasteiger partial charge in [-0.25, -0.2) is 0 Å². The molecule has 0 aliphatic carbocycles. The maximum Gasteiger partial charge on any atom is 0.100 e. The van der Waals surface area contributed by atoms with Crippen LogP contribution in [0.2, 0.25) is 0 Å². The molecule has 1 aromatic heterocycles. The second kappa shape index (κ2) is 5.07. The quantitative estimate of drug-likeness (QED) is 0.868. The molecule has 4 heteroatoms. The van der Waals surface area contributed by atoms with E-state index in [0.29, 0.717) is 5.56 Å². The topological polar surface area (TPSA) is 40.2 Å². The molecule has 0 atom stereocenters. The second-order valence-electron chi connectivity index (χ2n) is 3.76. The van der Waals surface area contributed by atoms with E-state index in [9.17, 15) is 0 Å². The predicted molar refractivity (Wildman–Crippen MR) is 69.7 cm³/mol. The van der Waals surface area contributed by atoms with Crippen LogP contribution in [0.3, 0.4) is 0 Å². The molecule has 0 amide bonds. The first-order valence-corrected chi connectivity index (χ1v) is 5.92. The maximum atomic E-state index is 8.85. The van der Waals surface area contributed by atoms with Crippen LogP contribution in [0.15, 0.2) is 45.7 Å². The molecule has 17 heavy (non-hydrogen) atoms. The lowest BCUT2D eigenvalue weighted by molar-refractivity contribution is 0.563. The summed E-state index contributed by atoms with van der Waals surface area (Å²) in [6.45, 7) is 0.773. The molecule has 2 rings (SSSR count). The summed E-state index contributed by atoms with van der Waals surface area (Å²) < 4.78 is 5.85. The Morgan fingerprint density at radius 3 is 2.82 bits per heavy atom. The number of furan rings is 1. The van der Waals surface area contributed by atoms with Gasteiger partial charge in [-0.3, -0.25) is 0 Å². The minimum absolute atomic E-state index is 0.644. The molecular formula is C13H11BrN2O. The molecule has 1 heterocycles. The molecule has 0 unspecified atom stereocenters. The van der Waals surface area contributed by atoms with Crippen LogP contribution in [-0.4, -0.2) is 7.05 Å². The van der Waals surface area contributed by atoms with Gasteiger partial charge in [0.25, 0.3) is 0 Å². The summed E-state index contributed by atoms with van der Waals surface area (Å²) in [5.41, 5.74) is 2.82. The van der Waals surface area contributed by atoms with Gasteiger partial charge in [0, 0.05) is 29.3 Å². The fourth-order valence-electron chi connectivity index (χ4n) is 1.58. The third kappa shape index (κ3) is 2.69. The summed E-state index contributed by atoms with van der Waals surface area (Å²) in [7, 11) is 2.00. The molecule has 0 saturated heterocycles. The number of hydrogen-bond donors (Lipinski definition) is 0. The summed E-state index contributed by atoms with van der Waals surface area (Å²) in [6, 6.07) is 9.75. The van der Waals surface area contributed by atoms with E-state index in [1.165, 1.54) is 0 Å². The third-order valence-electron chi connectivity index (χ3n) is 2.51. The summed E-state index contributed by atoms with van der Waals surface area (Å²) in [5, 5.41) is 8.85. The van der Waals surface area contributed by atoms with Gasteiger partial charge in [0.05, 0.1) is 18.1 Å². The summed E-state index contributed by atoms with van der Waals surface area (Å²) in [5.74, 6) is 0. The van der Waals surface area contributed by atoms with Gasteiger partial charge in [-0.2, -0.15) is 5.26 Å². The lowest BCUT2D eigenvalue weighted by Crippen LogP contribution is -2.15. The average Bonchev–Trinajstić information content (AvgIpc) is 2.81. The van der Waals surface area contributed by atoms with E-state index in [4.69, 9.17) is 9.68 Å². The van der Waals surface area contributed by atoms with Gasteiger partial charge < -0.3 is 9.32 Å². The lowest BCUT2D eigenvalue weighted by atomic mass is 10.2. The Labute approximate surface area is 108 Å². The molecule has 86 valence electrons. The minimum atomic E-state index is 0.644. The fraction of sp³-hybridized carbons (Fsp3) is 0.154. The van der Waals surface area contributed by atoms with Crippen molar-refractivity contribution in [2.24, 2.45) is 0 Å². The fourth-order valence-corrected chi connectivity index (χ4v) is 2.04. The zero-order chi connectivity index (χ0) is 12.3. The number of rotatable bonds is 3. The number of anilines is 1. The number of hydrogen-bond acceptors (Lipinski definition) is 3. The minimum Gasteiger partial charge on any atom is -0.472 e. The molecule has 2 aromatic rings. The molecule has 1 aromatic carbocycles. The van der Waals surface area contributed by atoms with Crippen molar-refractivity contribution in [2.75, 3.05) is 11.9 Å². The molecule has 0 N–H and O–H groups in total. The molecule has 0 fully saturated rings. The standard InChI is InChI=1S/C13H11BrN2O/c1-16(8-10-4-5-17-9-10)12-3-2-11(7-15)13(14)6-12/h2-6,9H,8H2,1H3. The van der Waals surface area contributed by atoms with E-state index in [1.54, 1.807) is 12.5 Å². The van der Waals surface area contributed by atoms with Crippen LogP contribution in [0, 0.1) is 11.3 Å². The highest BCUT2D eigenvalue weighted by Crippen LogP contribution is 2.24. The molecule has 0 bridgehead atoms. The molecule has 0 spiro atoms. The summed E-state index contributed by atoms with van der Waals surface area (Å²) in [4.78, 5) is 2.09. The molecule has 3 nitrogen and oxygen atoms in total. The van der Waals surface area contributed by atoms with Crippen molar-refractivity contribution in [2.45, 2.75) is 6.54 Å². The van der Waals surface area contributed by atoms with Gasteiger partial charge in [-0.15, -0.1) is 0 Å². The predicted octanol–water partition coefficient (Wildman–Crippen LogP) is 3.55. The number of halogens is 1. The maximum absolute atomic E-state index is 8.85. The van der Waals surface area contributed by atoms with Gasteiger partial charge >= 0.3 is 0 Å². The highest BCUT2D eigenvalue weighted by molar-refractivity contribution is 9.10. The third-order valence-corrected chi connectivity index (χ3v) is 3.17. The van der Waals surface area contributed by atoms with Crippen LogP contribution < -0.4 is 4.90 Å². The Hall–Kier alpha value is -1.73. The smallest absolute Gasteiger partial charge is 0.100 e. The van der Waals surface area contributed by atoms with Gasteiger partial charge in [0.2, 0.25) is 0 Å². The van der Waals surface area contributed by atoms with Gasteiger partial charge in [-0.05, 0) is 40.2 Å². The van der Waals surface area contributed by atoms with Crippen LogP contribution in [0.25, 0.3) is 0 Å². The first-order valence-electron chi connectivity index (χ1n) is 5.12. The van der Waals surface area contributed by atoms with E-state index >= 15 is 0 Å². The highest BCUT2D eigenvalue weighted by atomic mass is 79.9. The first kappa shape index (κ1) is 11.7. The molecule has 0 aliphatic heterocycles. The van der Waals surface area contributed by atoms with E-state index < -0.39 is 0 Å². The number of nitriles is 1. The Balaban J connectivity index is 2.17. The Morgan fingerprint density at radius 1 is 1.41 bits per heavy atom. The van der Waals surface area contributed by atoms with Crippen LogP contribution >= 0.6 is 15.9 Å². The average molecular weight is 291 g/mol. The number of nitrogens with zero attached hydrogens (tertiary/aromatic N) is 2. The van der Waals surface area contributed by atoms with Crippen LogP contribution in [0.5, 0.6) is 0 Å². The van der Waals surface area contributed by atoms with Gasteiger partial charge in [0.15, 0.2) is 0 Å². The molecule has 0 aliphatic rings.